The fraction of sp³-hybridized carbons (Fsp3) is 0.643. The van der Waals surface area contributed by atoms with Crippen molar-refractivity contribution >= 4 is 5.69 Å². The fourth-order valence-corrected chi connectivity index (χ4v) is 2.98. The van der Waals surface area contributed by atoms with E-state index in [0.717, 1.165) is 17.2 Å². The third kappa shape index (κ3) is 2.78. The second kappa shape index (κ2) is 5.50. The van der Waals surface area contributed by atoms with Gasteiger partial charge >= 0.3 is 0 Å². The molecule has 94 valence electrons. The molecule has 0 amide bonds. The topological polar surface area (TPSA) is 64.9 Å². The number of anilines is 1. The highest BCUT2D eigenvalue weighted by molar-refractivity contribution is 5.46. The normalized spacial score (nSPS) is 26.7. The van der Waals surface area contributed by atoms with Crippen molar-refractivity contribution in [3.05, 3.63) is 24.0 Å². The number of rotatable bonds is 3. The van der Waals surface area contributed by atoms with Crippen molar-refractivity contribution < 1.29 is 0 Å². The molecule has 3 unspecified atom stereocenters. The number of hydrogen-bond acceptors (Lipinski definition) is 3. The smallest absolute Gasteiger partial charge is 0.0393 e. The minimum Gasteiger partial charge on any atom is -0.398 e. The predicted molar refractivity (Wildman–Crippen MR) is 71.3 cm³/mol. The van der Waals surface area contributed by atoms with Crippen LogP contribution in [0.1, 0.15) is 50.6 Å². The standard InChI is InChI=1S/C14H23N3/c1-2-10-4-3-5-11(8-10)14(16)12-9-17-7-6-13(12)15/h6-7,9-11,14H,2-5,8,16H2,1H3,(H2,15,17). The third-order valence-corrected chi connectivity index (χ3v) is 4.15. The molecule has 3 nitrogen and oxygen atoms in total. The van der Waals surface area contributed by atoms with Gasteiger partial charge in [-0.3, -0.25) is 4.98 Å². The van der Waals surface area contributed by atoms with Crippen molar-refractivity contribution in [3.8, 4) is 0 Å². The largest absolute Gasteiger partial charge is 0.398 e. The van der Waals surface area contributed by atoms with Gasteiger partial charge < -0.3 is 11.5 Å². The molecule has 0 bridgehead atoms. The van der Waals surface area contributed by atoms with Crippen molar-refractivity contribution in [3.63, 3.8) is 0 Å². The van der Waals surface area contributed by atoms with Gasteiger partial charge in [0.25, 0.3) is 0 Å². The van der Waals surface area contributed by atoms with Gasteiger partial charge in [0.2, 0.25) is 0 Å². The Kier molecular flexibility index (Phi) is 4.00. The molecule has 3 atom stereocenters. The maximum absolute atomic E-state index is 6.37. The summed E-state index contributed by atoms with van der Waals surface area (Å²) in [7, 11) is 0. The molecular weight excluding hydrogens is 210 g/mol. The first-order chi connectivity index (χ1) is 8.22. The average Bonchev–Trinajstić information content (AvgIpc) is 2.38. The number of pyridine rings is 1. The molecule has 0 aromatic carbocycles. The lowest BCUT2D eigenvalue weighted by molar-refractivity contribution is 0.230. The van der Waals surface area contributed by atoms with Crippen LogP contribution in [0.5, 0.6) is 0 Å². The Hall–Kier alpha value is -1.09. The zero-order valence-electron chi connectivity index (χ0n) is 10.6. The summed E-state index contributed by atoms with van der Waals surface area (Å²) in [5, 5.41) is 0. The number of nitrogens with two attached hydrogens (primary N) is 2. The molecule has 3 heteroatoms. The highest BCUT2D eigenvalue weighted by atomic mass is 14.7. The zero-order valence-corrected chi connectivity index (χ0v) is 10.6. The van der Waals surface area contributed by atoms with Crippen molar-refractivity contribution in [2.24, 2.45) is 17.6 Å². The SMILES string of the molecule is CCC1CCCC(C(N)c2cnccc2N)C1. The summed E-state index contributed by atoms with van der Waals surface area (Å²) in [5.74, 6) is 1.41. The minimum absolute atomic E-state index is 0.0537. The summed E-state index contributed by atoms with van der Waals surface area (Å²) >= 11 is 0. The molecule has 1 aromatic heterocycles. The summed E-state index contributed by atoms with van der Waals surface area (Å²) in [6.45, 7) is 2.27. The molecule has 1 saturated carbocycles. The van der Waals surface area contributed by atoms with E-state index in [4.69, 9.17) is 11.5 Å². The molecule has 0 saturated heterocycles. The molecular formula is C14H23N3. The van der Waals surface area contributed by atoms with Gasteiger partial charge in [0.05, 0.1) is 0 Å². The molecule has 1 aliphatic rings. The van der Waals surface area contributed by atoms with Gasteiger partial charge in [0.15, 0.2) is 0 Å². The molecule has 1 heterocycles. The second-order valence-electron chi connectivity index (χ2n) is 5.23. The van der Waals surface area contributed by atoms with Gasteiger partial charge in [-0.05, 0) is 30.7 Å². The summed E-state index contributed by atoms with van der Waals surface area (Å²) in [4.78, 5) is 4.14. The Balaban J connectivity index is 2.09. The highest BCUT2D eigenvalue weighted by Crippen LogP contribution is 2.38. The van der Waals surface area contributed by atoms with Crippen LogP contribution in [0.25, 0.3) is 0 Å². The molecule has 1 aliphatic carbocycles. The van der Waals surface area contributed by atoms with E-state index in [2.05, 4.69) is 11.9 Å². The zero-order chi connectivity index (χ0) is 12.3. The van der Waals surface area contributed by atoms with E-state index in [1.165, 1.54) is 32.1 Å². The van der Waals surface area contributed by atoms with Gasteiger partial charge in [-0.2, -0.15) is 0 Å². The molecule has 2 rings (SSSR count). The summed E-state index contributed by atoms with van der Waals surface area (Å²) < 4.78 is 0. The van der Waals surface area contributed by atoms with Crippen molar-refractivity contribution in [2.75, 3.05) is 5.73 Å². The lowest BCUT2D eigenvalue weighted by Crippen LogP contribution is -2.27. The number of hydrogen-bond donors (Lipinski definition) is 2. The van der Waals surface area contributed by atoms with Crippen LogP contribution >= 0.6 is 0 Å². The molecule has 4 N–H and O–H groups in total. The lowest BCUT2D eigenvalue weighted by Gasteiger charge is -2.32. The Morgan fingerprint density at radius 3 is 3.00 bits per heavy atom. The number of nitrogens with zero attached hydrogens (tertiary/aromatic N) is 1. The Morgan fingerprint density at radius 1 is 1.47 bits per heavy atom. The first-order valence-corrected chi connectivity index (χ1v) is 6.67. The lowest BCUT2D eigenvalue weighted by atomic mass is 9.75. The number of nitrogen functional groups attached to an aromatic ring is 1. The van der Waals surface area contributed by atoms with Crippen molar-refractivity contribution in [2.45, 2.75) is 45.1 Å². The summed E-state index contributed by atoms with van der Waals surface area (Å²) in [5.41, 5.74) is 14.1. The molecule has 1 fully saturated rings. The molecule has 1 aromatic rings. The molecule has 0 aliphatic heterocycles. The quantitative estimate of drug-likeness (QED) is 0.843. The van der Waals surface area contributed by atoms with Crippen LogP contribution in [0, 0.1) is 11.8 Å². The first-order valence-electron chi connectivity index (χ1n) is 6.67. The summed E-state index contributed by atoms with van der Waals surface area (Å²) in [6.07, 6.45) is 9.96. The van der Waals surface area contributed by atoms with Crippen LogP contribution in [0.15, 0.2) is 18.5 Å². The van der Waals surface area contributed by atoms with E-state index in [1.807, 2.05) is 12.3 Å². The first kappa shape index (κ1) is 12.4. The van der Waals surface area contributed by atoms with Gasteiger partial charge in [0.1, 0.15) is 0 Å². The van der Waals surface area contributed by atoms with Crippen molar-refractivity contribution in [1.29, 1.82) is 0 Å². The average molecular weight is 233 g/mol. The van der Waals surface area contributed by atoms with Gasteiger partial charge in [-0.1, -0.05) is 26.2 Å². The molecule has 17 heavy (non-hydrogen) atoms. The Morgan fingerprint density at radius 2 is 2.29 bits per heavy atom. The van der Waals surface area contributed by atoms with E-state index in [9.17, 15) is 0 Å². The van der Waals surface area contributed by atoms with Crippen molar-refractivity contribution in [1.82, 2.24) is 4.98 Å². The maximum Gasteiger partial charge on any atom is 0.0393 e. The van der Waals surface area contributed by atoms with Gasteiger partial charge in [0, 0.05) is 29.7 Å². The van der Waals surface area contributed by atoms with Crippen LogP contribution in [-0.2, 0) is 0 Å². The van der Waals surface area contributed by atoms with Gasteiger partial charge in [-0.25, -0.2) is 0 Å². The number of aromatic nitrogens is 1. The second-order valence-corrected chi connectivity index (χ2v) is 5.23. The van der Waals surface area contributed by atoms with E-state index in [1.54, 1.807) is 6.20 Å². The minimum atomic E-state index is 0.0537. The summed E-state index contributed by atoms with van der Waals surface area (Å²) in [6, 6.07) is 1.90. The van der Waals surface area contributed by atoms with E-state index in [-0.39, 0.29) is 6.04 Å². The van der Waals surface area contributed by atoms with E-state index >= 15 is 0 Å². The molecule has 0 radical (unpaired) electrons. The Labute approximate surface area is 104 Å². The van der Waals surface area contributed by atoms with E-state index < -0.39 is 0 Å². The molecule has 0 spiro atoms. The van der Waals surface area contributed by atoms with Crippen LogP contribution < -0.4 is 11.5 Å². The van der Waals surface area contributed by atoms with Gasteiger partial charge in [-0.15, -0.1) is 0 Å². The third-order valence-electron chi connectivity index (χ3n) is 4.15. The monoisotopic (exact) mass is 233 g/mol. The maximum atomic E-state index is 6.37. The van der Waals surface area contributed by atoms with Crippen LogP contribution in [0.2, 0.25) is 0 Å². The fourth-order valence-electron chi connectivity index (χ4n) is 2.98. The van der Waals surface area contributed by atoms with Crippen LogP contribution in [-0.4, -0.2) is 4.98 Å². The van der Waals surface area contributed by atoms with Crippen LogP contribution in [0.4, 0.5) is 5.69 Å². The predicted octanol–water partition coefficient (Wildman–Crippen LogP) is 2.88. The van der Waals surface area contributed by atoms with E-state index in [0.29, 0.717) is 5.92 Å². The highest BCUT2D eigenvalue weighted by Gasteiger charge is 2.27. The Bertz CT molecular complexity index is 364. The van der Waals surface area contributed by atoms with Crippen LogP contribution in [0.3, 0.4) is 0 Å².